The Morgan fingerprint density at radius 3 is 2.60 bits per heavy atom. The molecule has 0 aliphatic carbocycles. The highest BCUT2D eigenvalue weighted by atomic mass is 35.5. The molecule has 0 spiro atoms. The average molecular weight is 326 g/mol. The van der Waals surface area contributed by atoms with Crippen molar-refractivity contribution in [3.63, 3.8) is 0 Å². The third kappa shape index (κ3) is 2.33. The lowest BCUT2D eigenvalue weighted by molar-refractivity contribution is -0.384. The van der Waals surface area contributed by atoms with E-state index in [1.54, 1.807) is 18.2 Å². The van der Waals surface area contributed by atoms with E-state index in [0.717, 1.165) is 4.88 Å². The number of nitrogens with zero attached hydrogens (tertiary/aromatic N) is 3. The second-order valence-electron chi connectivity index (χ2n) is 3.90. The predicted octanol–water partition coefficient (Wildman–Crippen LogP) is 4.57. The van der Waals surface area contributed by atoms with Gasteiger partial charge in [0.25, 0.3) is 5.69 Å². The first-order valence-electron chi connectivity index (χ1n) is 5.42. The summed E-state index contributed by atoms with van der Waals surface area (Å²) in [4.78, 5) is 19.6. The Morgan fingerprint density at radius 1 is 1.15 bits per heavy atom. The maximum Gasteiger partial charge on any atom is 0.271 e. The van der Waals surface area contributed by atoms with E-state index in [2.05, 4.69) is 9.97 Å². The molecule has 20 heavy (non-hydrogen) atoms. The number of aromatic nitrogens is 2. The summed E-state index contributed by atoms with van der Waals surface area (Å²) < 4.78 is 0.610. The van der Waals surface area contributed by atoms with Crippen LogP contribution >= 0.6 is 34.5 Å². The molecule has 0 saturated carbocycles. The Labute approximate surface area is 127 Å². The molecule has 5 nitrogen and oxygen atoms in total. The number of nitro benzene ring substituents is 1. The van der Waals surface area contributed by atoms with Gasteiger partial charge in [-0.3, -0.25) is 10.1 Å². The van der Waals surface area contributed by atoms with Gasteiger partial charge in [0.15, 0.2) is 5.82 Å². The number of halogens is 2. The van der Waals surface area contributed by atoms with Crippen molar-refractivity contribution in [2.24, 2.45) is 0 Å². The molecule has 0 amide bonds. The smallest absolute Gasteiger partial charge is 0.258 e. The highest BCUT2D eigenvalue weighted by Gasteiger charge is 2.13. The molecular weight excluding hydrogens is 321 g/mol. The Bertz CT molecular complexity index is 835. The molecule has 3 aromatic rings. The fourth-order valence-electron chi connectivity index (χ4n) is 1.74. The number of hydrogen-bond acceptors (Lipinski definition) is 5. The summed E-state index contributed by atoms with van der Waals surface area (Å²) in [6, 6.07) is 7.81. The van der Waals surface area contributed by atoms with E-state index in [1.165, 1.54) is 23.5 Å². The molecule has 2 aromatic heterocycles. The van der Waals surface area contributed by atoms with Crippen molar-refractivity contribution in [2.75, 3.05) is 0 Å². The van der Waals surface area contributed by atoms with Crippen molar-refractivity contribution in [2.45, 2.75) is 0 Å². The van der Waals surface area contributed by atoms with Crippen LogP contribution in [0, 0.1) is 10.1 Å². The molecule has 2 heterocycles. The maximum absolute atomic E-state index is 10.8. The van der Waals surface area contributed by atoms with Gasteiger partial charge in [0, 0.05) is 17.5 Å². The lowest BCUT2D eigenvalue weighted by Crippen LogP contribution is -1.93. The minimum Gasteiger partial charge on any atom is -0.258 e. The Hall–Kier alpha value is -1.76. The number of hydrogen-bond donors (Lipinski definition) is 0. The van der Waals surface area contributed by atoms with Crippen LogP contribution in [0.15, 0.2) is 30.3 Å². The normalized spacial score (nSPS) is 10.9. The average Bonchev–Trinajstić information content (AvgIpc) is 2.84. The zero-order valence-electron chi connectivity index (χ0n) is 9.71. The summed E-state index contributed by atoms with van der Waals surface area (Å²) >= 11 is 13.3. The van der Waals surface area contributed by atoms with E-state index in [0.29, 0.717) is 21.1 Å². The van der Waals surface area contributed by atoms with Gasteiger partial charge in [-0.2, -0.15) is 0 Å². The van der Waals surface area contributed by atoms with Crippen LogP contribution in [0.5, 0.6) is 0 Å². The van der Waals surface area contributed by atoms with E-state index >= 15 is 0 Å². The van der Waals surface area contributed by atoms with Gasteiger partial charge in [-0.05, 0) is 18.2 Å². The largest absolute Gasteiger partial charge is 0.271 e. The van der Waals surface area contributed by atoms with Crippen LogP contribution in [0.2, 0.25) is 9.49 Å². The summed E-state index contributed by atoms with van der Waals surface area (Å²) in [6.45, 7) is 0. The Kier molecular flexibility index (Phi) is 3.29. The molecule has 0 fully saturated rings. The van der Waals surface area contributed by atoms with Gasteiger partial charge in [-0.15, -0.1) is 11.3 Å². The van der Waals surface area contributed by atoms with Crippen molar-refractivity contribution in [3.8, 4) is 10.7 Å². The van der Waals surface area contributed by atoms with Gasteiger partial charge in [0.2, 0.25) is 0 Å². The van der Waals surface area contributed by atoms with Gasteiger partial charge >= 0.3 is 0 Å². The molecule has 8 heteroatoms. The highest BCUT2D eigenvalue weighted by molar-refractivity contribution is 7.19. The van der Waals surface area contributed by atoms with Crippen LogP contribution in [-0.2, 0) is 0 Å². The van der Waals surface area contributed by atoms with Crippen LogP contribution in [-0.4, -0.2) is 14.9 Å². The quantitative estimate of drug-likeness (QED) is 0.393. The first-order valence-corrected chi connectivity index (χ1v) is 6.99. The van der Waals surface area contributed by atoms with Gasteiger partial charge in [0.05, 0.1) is 19.7 Å². The molecule has 0 radical (unpaired) electrons. The summed E-state index contributed by atoms with van der Waals surface area (Å²) in [7, 11) is 0. The second kappa shape index (κ2) is 4.97. The van der Waals surface area contributed by atoms with E-state index in [4.69, 9.17) is 23.2 Å². The van der Waals surface area contributed by atoms with E-state index in [1.807, 2.05) is 0 Å². The van der Waals surface area contributed by atoms with E-state index < -0.39 is 4.92 Å². The number of thiophene rings is 1. The van der Waals surface area contributed by atoms with Crippen molar-refractivity contribution in [3.05, 3.63) is 49.9 Å². The topological polar surface area (TPSA) is 68.9 Å². The minimum absolute atomic E-state index is 0.0394. The number of nitro groups is 1. The first-order chi connectivity index (χ1) is 9.54. The number of rotatable bonds is 2. The molecule has 0 aliphatic heterocycles. The Morgan fingerprint density at radius 2 is 1.95 bits per heavy atom. The van der Waals surface area contributed by atoms with Crippen LogP contribution in [0.4, 0.5) is 5.69 Å². The molecule has 0 atom stereocenters. The monoisotopic (exact) mass is 325 g/mol. The molecule has 100 valence electrons. The fraction of sp³-hybridized carbons (Fsp3) is 0. The lowest BCUT2D eigenvalue weighted by Gasteiger charge is -2.02. The molecule has 1 aromatic carbocycles. The molecule has 0 saturated heterocycles. The third-order valence-corrected chi connectivity index (χ3v) is 4.15. The third-order valence-electron chi connectivity index (χ3n) is 2.64. The van der Waals surface area contributed by atoms with Crippen LogP contribution in [0.1, 0.15) is 0 Å². The van der Waals surface area contributed by atoms with Gasteiger partial charge in [-0.1, -0.05) is 23.2 Å². The Balaban J connectivity index is 2.23. The van der Waals surface area contributed by atoms with Gasteiger partial charge in [-0.25, -0.2) is 9.97 Å². The van der Waals surface area contributed by atoms with Crippen LogP contribution in [0.3, 0.4) is 0 Å². The van der Waals surface area contributed by atoms with Crippen molar-refractivity contribution in [1.29, 1.82) is 0 Å². The summed E-state index contributed by atoms with van der Waals surface area (Å²) in [6.07, 6.45) is 0. The fourth-order valence-corrected chi connectivity index (χ4v) is 2.95. The highest BCUT2D eigenvalue weighted by Crippen LogP contribution is 2.32. The maximum atomic E-state index is 10.8. The molecule has 0 unspecified atom stereocenters. The SMILES string of the molecule is O=[N+]([O-])c1ccc2c(Cl)nc(-c3ccc(Cl)s3)nc2c1. The number of benzene rings is 1. The summed E-state index contributed by atoms with van der Waals surface area (Å²) in [5, 5.41) is 11.6. The summed E-state index contributed by atoms with van der Waals surface area (Å²) in [5.41, 5.74) is 0.390. The zero-order chi connectivity index (χ0) is 14.3. The molecule has 3 rings (SSSR count). The molecular formula is C12H5Cl2N3O2S. The van der Waals surface area contributed by atoms with Gasteiger partial charge < -0.3 is 0 Å². The number of non-ortho nitro benzene ring substituents is 1. The van der Waals surface area contributed by atoms with Crippen molar-refractivity contribution < 1.29 is 4.92 Å². The van der Waals surface area contributed by atoms with Crippen molar-refractivity contribution >= 4 is 51.1 Å². The van der Waals surface area contributed by atoms with Crippen LogP contribution < -0.4 is 0 Å². The van der Waals surface area contributed by atoms with E-state index in [-0.39, 0.29) is 10.8 Å². The second-order valence-corrected chi connectivity index (χ2v) is 5.97. The molecule has 0 N–H and O–H groups in total. The molecule has 0 bridgehead atoms. The number of fused-ring (bicyclic) bond motifs is 1. The summed E-state index contributed by atoms with van der Waals surface area (Å²) in [5.74, 6) is 0.403. The minimum atomic E-state index is -0.475. The predicted molar refractivity (Wildman–Crippen MR) is 79.5 cm³/mol. The van der Waals surface area contributed by atoms with E-state index in [9.17, 15) is 10.1 Å². The van der Waals surface area contributed by atoms with Crippen LogP contribution in [0.25, 0.3) is 21.6 Å². The standard InChI is InChI=1S/C12H5Cl2N3O2S/c13-10-4-3-9(20-10)12-15-8-5-6(17(18)19)1-2-7(8)11(14)16-12/h1-5H. The zero-order valence-corrected chi connectivity index (χ0v) is 12.0. The first kappa shape index (κ1) is 13.2. The van der Waals surface area contributed by atoms with Crippen molar-refractivity contribution in [1.82, 2.24) is 9.97 Å². The molecule has 0 aliphatic rings. The van der Waals surface area contributed by atoms with Gasteiger partial charge in [0.1, 0.15) is 5.15 Å². The lowest BCUT2D eigenvalue weighted by atomic mass is 10.2.